The van der Waals surface area contributed by atoms with Crippen molar-refractivity contribution in [3.8, 4) is 0 Å². The van der Waals surface area contributed by atoms with Gasteiger partial charge in [0.15, 0.2) is 0 Å². The molecule has 0 aliphatic rings. The molecule has 1 aromatic rings. The van der Waals surface area contributed by atoms with Crippen molar-refractivity contribution < 1.29 is 5.11 Å². The van der Waals surface area contributed by atoms with Gasteiger partial charge in [0.1, 0.15) is 0 Å². The number of rotatable bonds is 5. The first-order valence-electron chi connectivity index (χ1n) is 4.89. The summed E-state index contributed by atoms with van der Waals surface area (Å²) < 4.78 is 0. The SMILES string of the molecule is C=C=CCC(O)CCc1ccccc1. The second-order valence-electron chi connectivity index (χ2n) is 3.32. The van der Waals surface area contributed by atoms with Crippen LogP contribution in [0.2, 0.25) is 0 Å². The number of aliphatic hydroxyl groups is 1. The number of aryl methyl sites for hydroxylation is 1. The molecule has 1 nitrogen and oxygen atoms in total. The second kappa shape index (κ2) is 6.20. The van der Waals surface area contributed by atoms with E-state index in [-0.39, 0.29) is 6.10 Å². The Hall–Kier alpha value is -1.30. The predicted molar refractivity (Wildman–Crippen MR) is 59.1 cm³/mol. The Morgan fingerprint density at radius 3 is 2.71 bits per heavy atom. The van der Waals surface area contributed by atoms with Gasteiger partial charge in [-0.3, -0.25) is 0 Å². The molecule has 74 valence electrons. The van der Waals surface area contributed by atoms with E-state index in [1.165, 1.54) is 5.56 Å². The van der Waals surface area contributed by atoms with Gasteiger partial charge >= 0.3 is 0 Å². The van der Waals surface area contributed by atoms with Crippen LogP contribution in [0.3, 0.4) is 0 Å². The van der Waals surface area contributed by atoms with Crippen molar-refractivity contribution in [1.82, 2.24) is 0 Å². The zero-order valence-electron chi connectivity index (χ0n) is 8.32. The minimum atomic E-state index is -0.274. The number of benzene rings is 1. The van der Waals surface area contributed by atoms with Gasteiger partial charge in [-0.15, -0.1) is 5.73 Å². The van der Waals surface area contributed by atoms with Crippen LogP contribution >= 0.6 is 0 Å². The Labute approximate surface area is 85.4 Å². The Balaban J connectivity index is 2.30. The first-order valence-corrected chi connectivity index (χ1v) is 4.89. The van der Waals surface area contributed by atoms with Crippen molar-refractivity contribution in [2.75, 3.05) is 0 Å². The summed E-state index contributed by atoms with van der Waals surface area (Å²) >= 11 is 0. The molecule has 1 N–H and O–H groups in total. The normalized spacial score (nSPS) is 11.8. The minimum Gasteiger partial charge on any atom is -0.393 e. The molecule has 14 heavy (non-hydrogen) atoms. The molecule has 0 aromatic heterocycles. The summed E-state index contributed by atoms with van der Waals surface area (Å²) in [6.45, 7) is 3.46. The molecule has 0 aliphatic heterocycles. The summed E-state index contributed by atoms with van der Waals surface area (Å²) in [5, 5.41) is 9.54. The van der Waals surface area contributed by atoms with Gasteiger partial charge in [0.05, 0.1) is 6.10 Å². The second-order valence-corrected chi connectivity index (χ2v) is 3.32. The highest BCUT2D eigenvalue weighted by molar-refractivity contribution is 5.14. The van der Waals surface area contributed by atoms with Crippen LogP contribution in [0.4, 0.5) is 0 Å². The van der Waals surface area contributed by atoms with Gasteiger partial charge in [0.25, 0.3) is 0 Å². The monoisotopic (exact) mass is 188 g/mol. The summed E-state index contributed by atoms with van der Waals surface area (Å²) in [5.74, 6) is 0. The molecule has 0 heterocycles. The average molecular weight is 188 g/mol. The molecule has 0 fully saturated rings. The molecule has 1 aromatic carbocycles. The lowest BCUT2D eigenvalue weighted by molar-refractivity contribution is 0.168. The number of hydrogen-bond acceptors (Lipinski definition) is 1. The van der Waals surface area contributed by atoms with Gasteiger partial charge in [-0.1, -0.05) is 36.9 Å². The highest BCUT2D eigenvalue weighted by Crippen LogP contribution is 2.07. The lowest BCUT2D eigenvalue weighted by Crippen LogP contribution is -2.06. The lowest BCUT2D eigenvalue weighted by atomic mass is 10.1. The largest absolute Gasteiger partial charge is 0.393 e. The first-order chi connectivity index (χ1) is 6.83. The van der Waals surface area contributed by atoms with Crippen LogP contribution < -0.4 is 0 Å². The molecule has 0 aliphatic carbocycles. The van der Waals surface area contributed by atoms with Crippen LogP contribution in [0.5, 0.6) is 0 Å². The van der Waals surface area contributed by atoms with Gasteiger partial charge in [0, 0.05) is 0 Å². The van der Waals surface area contributed by atoms with Crippen LogP contribution in [0.1, 0.15) is 18.4 Å². The number of aliphatic hydroxyl groups excluding tert-OH is 1. The van der Waals surface area contributed by atoms with Gasteiger partial charge in [-0.2, -0.15) is 0 Å². The van der Waals surface area contributed by atoms with E-state index in [0.717, 1.165) is 12.8 Å². The highest BCUT2D eigenvalue weighted by atomic mass is 16.3. The third-order valence-corrected chi connectivity index (χ3v) is 2.14. The van der Waals surface area contributed by atoms with Crippen molar-refractivity contribution >= 4 is 0 Å². The Morgan fingerprint density at radius 1 is 1.36 bits per heavy atom. The maximum Gasteiger partial charge on any atom is 0.0583 e. The van der Waals surface area contributed by atoms with Gasteiger partial charge < -0.3 is 5.11 Å². The molecule has 1 heteroatoms. The van der Waals surface area contributed by atoms with E-state index in [2.05, 4.69) is 24.4 Å². The summed E-state index contributed by atoms with van der Waals surface area (Å²) in [4.78, 5) is 0. The standard InChI is InChI=1S/C13H16O/c1-2-3-9-13(14)11-10-12-7-5-4-6-8-12/h3-8,13-14H,1,9-11H2. The summed E-state index contributed by atoms with van der Waals surface area (Å²) in [5.41, 5.74) is 3.93. The van der Waals surface area contributed by atoms with Crippen LogP contribution in [0.15, 0.2) is 48.7 Å². The van der Waals surface area contributed by atoms with Crippen molar-refractivity contribution in [3.05, 3.63) is 54.3 Å². The maximum atomic E-state index is 9.54. The fourth-order valence-corrected chi connectivity index (χ4v) is 1.32. The van der Waals surface area contributed by atoms with Gasteiger partial charge in [-0.25, -0.2) is 0 Å². The van der Waals surface area contributed by atoms with E-state index in [4.69, 9.17) is 0 Å². The molecule has 0 spiro atoms. The Bertz CT molecular complexity index is 296. The molecule has 1 atom stereocenters. The molecule has 1 rings (SSSR count). The van der Waals surface area contributed by atoms with Crippen molar-refractivity contribution in [1.29, 1.82) is 0 Å². The summed E-state index contributed by atoms with van der Waals surface area (Å²) in [7, 11) is 0. The van der Waals surface area contributed by atoms with Crippen LogP contribution in [0, 0.1) is 0 Å². The minimum absolute atomic E-state index is 0.274. The fourth-order valence-electron chi connectivity index (χ4n) is 1.32. The summed E-state index contributed by atoms with van der Waals surface area (Å²) in [6.07, 6.45) is 3.87. The van der Waals surface area contributed by atoms with E-state index in [1.54, 1.807) is 6.08 Å². The molecule has 0 amide bonds. The Morgan fingerprint density at radius 2 is 2.07 bits per heavy atom. The molecule has 0 saturated carbocycles. The first kappa shape index (κ1) is 10.8. The zero-order valence-corrected chi connectivity index (χ0v) is 8.32. The molecule has 0 bridgehead atoms. The molecular formula is C13H16O. The van der Waals surface area contributed by atoms with Crippen molar-refractivity contribution in [2.45, 2.75) is 25.4 Å². The quantitative estimate of drug-likeness (QED) is 0.704. The van der Waals surface area contributed by atoms with E-state index < -0.39 is 0 Å². The molecule has 0 radical (unpaired) electrons. The average Bonchev–Trinajstić information content (AvgIpc) is 2.25. The van der Waals surface area contributed by atoms with Gasteiger partial charge in [-0.05, 0) is 30.9 Å². The zero-order chi connectivity index (χ0) is 10.2. The maximum absolute atomic E-state index is 9.54. The van der Waals surface area contributed by atoms with Crippen LogP contribution in [-0.4, -0.2) is 11.2 Å². The van der Waals surface area contributed by atoms with Crippen LogP contribution in [0.25, 0.3) is 0 Å². The van der Waals surface area contributed by atoms with E-state index >= 15 is 0 Å². The summed E-state index contributed by atoms with van der Waals surface area (Å²) in [6, 6.07) is 10.2. The van der Waals surface area contributed by atoms with E-state index in [1.807, 2.05) is 18.2 Å². The van der Waals surface area contributed by atoms with Crippen molar-refractivity contribution in [3.63, 3.8) is 0 Å². The predicted octanol–water partition coefficient (Wildman–Crippen LogP) is 2.71. The van der Waals surface area contributed by atoms with Gasteiger partial charge in [0.2, 0.25) is 0 Å². The third kappa shape index (κ3) is 4.08. The Kier molecular flexibility index (Phi) is 4.77. The topological polar surface area (TPSA) is 20.2 Å². The van der Waals surface area contributed by atoms with Crippen LogP contribution in [-0.2, 0) is 6.42 Å². The van der Waals surface area contributed by atoms with Crippen molar-refractivity contribution in [2.24, 2.45) is 0 Å². The molecular weight excluding hydrogens is 172 g/mol. The lowest BCUT2D eigenvalue weighted by Gasteiger charge is -2.06. The molecule has 1 unspecified atom stereocenters. The molecule has 0 saturated heterocycles. The van der Waals surface area contributed by atoms with E-state index in [0.29, 0.717) is 6.42 Å². The smallest absolute Gasteiger partial charge is 0.0583 e. The third-order valence-electron chi connectivity index (χ3n) is 2.14. The fraction of sp³-hybridized carbons (Fsp3) is 0.308. The highest BCUT2D eigenvalue weighted by Gasteiger charge is 2.01. The number of hydrogen-bond donors (Lipinski definition) is 1. The van der Waals surface area contributed by atoms with E-state index in [9.17, 15) is 5.11 Å².